The molecule has 8 nitrogen and oxygen atoms in total. The number of amides is 1. The molecule has 1 aliphatic rings. The van der Waals surface area contributed by atoms with Crippen LogP contribution in [0, 0.1) is 10.1 Å². The fourth-order valence-corrected chi connectivity index (χ4v) is 5.42. The van der Waals surface area contributed by atoms with Crippen molar-refractivity contribution in [2.24, 2.45) is 0 Å². The highest BCUT2D eigenvalue weighted by molar-refractivity contribution is 7.92. The van der Waals surface area contributed by atoms with Gasteiger partial charge in [-0.3, -0.25) is 19.2 Å². The number of hydrogen-bond donors (Lipinski definition) is 1. The minimum absolute atomic E-state index is 0.0207. The third-order valence-corrected chi connectivity index (χ3v) is 7.06. The van der Waals surface area contributed by atoms with Gasteiger partial charge >= 0.3 is 0 Å². The fourth-order valence-electron chi connectivity index (χ4n) is 3.68. The maximum Gasteiger partial charge on any atom is 0.269 e. The molecule has 9 heteroatoms. The van der Waals surface area contributed by atoms with Gasteiger partial charge in [-0.25, -0.2) is 8.42 Å². The molecular formula is C22H19N3O5S. The molecule has 31 heavy (non-hydrogen) atoms. The van der Waals surface area contributed by atoms with Gasteiger partial charge in [0, 0.05) is 29.4 Å². The van der Waals surface area contributed by atoms with Crippen LogP contribution in [-0.2, 0) is 16.4 Å². The molecule has 0 spiro atoms. The number of hydrogen-bond acceptors (Lipinski definition) is 5. The Bertz CT molecular complexity index is 1270. The summed E-state index contributed by atoms with van der Waals surface area (Å²) < 4.78 is 28.1. The molecule has 3 aromatic carbocycles. The van der Waals surface area contributed by atoms with E-state index in [1.54, 1.807) is 12.1 Å². The molecule has 0 fully saturated rings. The molecule has 4 rings (SSSR count). The second kappa shape index (κ2) is 7.84. The number of non-ortho nitro benzene ring substituents is 1. The summed E-state index contributed by atoms with van der Waals surface area (Å²) in [5.41, 5.74) is 2.05. The summed E-state index contributed by atoms with van der Waals surface area (Å²) in [5, 5.41) is 13.4. The van der Waals surface area contributed by atoms with E-state index in [-0.39, 0.29) is 22.2 Å². The maximum atomic E-state index is 13.4. The predicted octanol–water partition coefficient (Wildman–Crippen LogP) is 3.99. The topological polar surface area (TPSA) is 110 Å². The van der Waals surface area contributed by atoms with Gasteiger partial charge in [-0.1, -0.05) is 24.3 Å². The summed E-state index contributed by atoms with van der Waals surface area (Å²) in [4.78, 5) is 22.9. The van der Waals surface area contributed by atoms with Gasteiger partial charge in [0.2, 0.25) is 0 Å². The maximum absolute atomic E-state index is 13.4. The van der Waals surface area contributed by atoms with Crippen LogP contribution in [0.1, 0.15) is 22.8 Å². The first-order valence-corrected chi connectivity index (χ1v) is 11.0. The quantitative estimate of drug-likeness (QED) is 0.479. The van der Waals surface area contributed by atoms with Gasteiger partial charge in [0.1, 0.15) is 0 Å². The van der Waals surface area contributed by atoms with Crippen LogP contribution in [0.4, 0.5) is 17.1 Å². The van der Waals surface area contributed by atoms with Crippen molar-refractivity contribution in [3.63, 3.8) is 0 Å². The molecule has 3 aromatic rings. The van der Waals surface area contributed by atoms with E-state index in [2.05, 4.69) is 5.32 Å². The second-order valence-electron chi connectivity index (χ2n) is 7.27. The summed E-state index contributed by atoms with van der Waals surface area (Å²) in [5.74, 6) is -0.513. The average Bonchev–Trinajstić information content (AvgIpc) is 3.10. The normalized spacial score (nSPS) is 15.4. The van der Waals surface area contributed by atoms with E-state index in [1.807, 2.05) is 19.1 Å². The largest absolute Gasteiger partial charge is 0.322 e. The molecule has 1 N–H and O–H groups in total. The third-order valence-electron chi connectivity index (χ3n) is 5.13. The molecule has 1 amide bonds. The van der Waals surface area contributed by atoms with Crippen molar-refractivity contribution in [2.45, 2.75) is 24.3 Å². The van der Waals surface area contributed by atoms with Crippen molar-refractivity contribution in [1.82, 2.24) is 0 Å². The molecule has 1 atom stereocenters. The van der Waals surface area contributed by atoms with Gasteiger partial charge in [-0.15, -0.1) is 0 Å². The summed E-state index contributed by atoms with van der Waals surface area (Å²) in [6.07, 6.45) is 0.621. The Hall–Kier alpha value is -3.72. The Morgan fingerprint density at radius 1 is 1.06 bits per heavy atom. The number of anilines is 2. The zero-order valence-electron chi connectivity index (χ0n) is 16.6. The summed E-state index contributed by atoms with van der Waals surface area (Å²) in [6, 6.07) is 18.4. The summed E-state index contributed by atoms with van der Waals surface area (Å²) >= 11 is 0. The van der Waals surface area contributed by atoms with E-state index in [4.69, 9.17) is 0 Å². The van der Waals surface area contributed by atoms with Crippen LogP contribution >= 0.6 is 0 Å². The number of nitrogens with one attached hydrogen (secondary N) is 1. The molecule has 0 saturated heterocycles. The summed E-state index contributed by atoms with van der Waals surface area (Å²) in [6.45, 7) is 1.85. The van der Waals surface area contributed by atoms with Crippen molar-refractivity contribution in [3.05, 3.63) is 94.0 Å². The van der Waals surface area contributed by atoms with Crippen molar-refractivity contribution >= 4 is 33.0 Å². The molecule has 0 radical (unpaired) electrons. The monoisotopic (exact) mass is 437 g/mol. The molecule has 1 aliphatic heterocycles. The Balaban J connectivity index is 1.60. The molecule has 0 aromatic heterocycles. The van der Waals surface area contributed by atoms with Gasteiger partial charge in [-0.2, -0.15) is 0 Å². The molecule has 158 valence electrons. The van der Waals surface area contributed by atoms with E-state index in [0.717, 1.165) is 5.56 Å². The van der Waals surface area contributed by atoms with Crippen LogP contribution in [-0.4, -0.2) is 25.3 Å². The minimum Gasteiger partial charge on any atom is -0.322 e. The highest BCUT2D eigenvalue weighted by Gasteiger charge is 2.36. The Morgan fingerprint density at radius 2 is 1.77 bits per heavy atom. The van der Waals surface area contributed by atoms with E-state index in [9.17, 15) is 23.3 Å². The number of benzene rings is 3. The van der Waals surface area contributed by atoms with E-state index in [0.29, 0.717) is 17.8 Å². The van der Waals surface area contributed by atoms with Gasteiger partial charge in [0.25, 0.3) is 21.6 Å². The lowest BCUT2D eigenvalue weighted by atomic mass is 10.1. The first kappa shape index (κ1) is 20.5. The van der Waals surface area contributed by atoms with Crippen molar-refractivity contribution in [3.8, 4) is 0 Å². The molecule has 1 heterocycles. The first-order chi connectivity index (χ1) is 14.8. The minimum atomic E-state index is -3.87. The Kier molecular flexibility index (Phi) is 5.20. The smallest absolute Gasteiger partial charge is 0.269 e. The van der Waals surface area contributed by atoms with Gasteiger partial charge in [0.15, 0.2) is 0 Å². The van der Waals surface area contributed by atoms with Crippen LogP contribution in [0.25, 0.3) is 0 Å². The number of rotatable bonds is 5. The van der Waals surface area contributed by atoms with Crippen molar-refractivity contribution in [2.75, 3.05) is 9.62 Å². The Labute approximate surface area is 179 Å². The number of para-hydroxylation sites is 1. The standard InChI is InChI=1S/C22H19N3O5S/c1-15-13-16-5-2-3-8-21(16)24(15)31(29,30)20-7-4-6-17(14-20)22(26)23-18-9-11-19(12-10-18)25(27)28/h2-12,14-15H,13H2,1H3,(H,23,26). The van der Waals surface area contributed by atoms with Crippen LogP contribution in [0.5, 0.6) is 0 Å². The zero-order valence-corrected chi connectivity index (χ0v) is 17.4. The Morgan fingerprint density at radius 3 is 2.48 bits per heavy atom. The number of carbonyl (C=O) groups excluding carboxylic acids is 1. The molecule has 0 bridgehead atoms. The second-order valence-corrected chi connectivity index (χ2v) is 9.08. The third kappa shape index (κ3) is 3.87. The van der Waals surface area contributed by atoms with E-state index < -0.39 is 20.9 Å². The molecule has 1 unspecified atom stereocenters. The predicted molar refractivity (Wildman–Crippen MR) is 117 cm³/mol. The van der Waals surface area contributed by atoms with Crippen LogP contribution in [0.2, 0.25) is 0 Å². The lowest BCUT2D eigenvalue weighted by Crippen LogP contribution is -2.35. The van der Waals surface area contributed by atoms with Crippen LogP contribution in [0.3, 0.4) is 0 Å². The van der Waals surface area contributed by atoms with Crippen molar-refractivity contribution < 1.29 is 18.1 Å². The van der Waals surface area contributed by atoms with Crippen LogP contribution in [0.15, 0.2) is 77.7 Å². The zero-order chi connectivity index (χ0) is 22.2. The van der Waals surface area contributed by atoms with E-state index >= 15 is 0 Å². The SMILES string of the molecule is CC1Cc2ccccc2N1S(=O)(=O)c1cccc(C(=O)Nc2ccc([N+](=O)[O-])cc2)c1. The van der Waals surface area contributed by atoms with Gasteiger partial charge in [0.05, 0.1) is 15.5 Å². The molecular weight excluding hydrogens is 418 g/mol. The lowest BCUT2D eigenvalue weighted by Gasteiger charge is -2.24. The summed E-state index contributed by atoms with van der Waals surface area (Å²) in [7, 11) is -3.87. The van der Waals surface area contributed by atoms with E-state index in [1.165, 1.54) is 52.8 Å². The highest BCUT2D eigenvalue weighted by Crippen LogP contribution is 2.36. The fraction of sp³-hybridized carbons (Fsp3) is 0.136. The number of nitrogens with zero attached hydrogens (tertiary/aromatic N) is 2. The van der Waals surface area contributed by atoms with Gasteiger partial charge < -0.3 is 5.32 Å². The highest BCUT2D eigenvalue weighted by atomic mass is 32.2. The lowest BCUT2D eigenvalue weighted by molar-refractivity contribution is -0.384. The number of fused-ring (bicyclic) bond motifs is 1. The number of nitro groups is 1. The molecule has 0 aliphatic carbocycles. The number of nitro benzene ring substituents is 1. The molecule has 0 saturated carbocycles. The van der Waals surface area contributed by atoms with Gasteiger partial charge in [-0.05, 0) is 55.3 Å². The number of sulfonamides is 1. The number of carbonyl (C=O) groups is 1. The van der Waals surface area contributed by atoms with Crippen molar-refractivity contribution in [1.29, 1.82) is 0 Å². The van der Waals surface area contributed by atoms with Crippen LogP contribution < -0.4 is 9.62 Å². The average molecular weight is 437 g/mol. The first-order valence-electron chi connectivity index (χ1n) is 9.55.